The maximum Gasteiger partial charge on any atom is 0.121 e. The second-order valence-electron chi connectivity index (χ2n) is 4.99. The molecule has 0 aliphatic rings. The van der Waals surface area contributed by atoms with E-state index < -0.39 is 0 Å². The minimum atomic E-state index is 0.386. The second-order valence-corrected chi connectivity index (χ2v) is 4.99. The number of nitrogens with one attached hydrogen (secondary N) is 1. The predicted octanol–water partition coefficient (Wildman–Crippen LogP) is 2.76. The first-order valence-corrected chi connectivity index (χ1v) is 6.44. The van der Waals surface area contributed by atoms with Crippen LogP contribution in [0.25, 0.3) is 0 Å². The Morgan fingerprint density at radius 1 is 1.22 bits per heavy atom. The summed E-state index contributed by atoms with van der Waals surface area (Å²) in [6.07, 6.45) is 0. The van der Waals surface area contributed by atoms with E-state index in [-0.39, 0.29) is 0 Å². The first kappa shape index (κ1) is 15.0. The second kappa shape index (κ2) is 7.39. The summed E-state index contributed by atoms with van der Waals surface area (Å²) in [7, 11) is 3.45. The van der Waals surface area contributed by atoms with Gasteiger partial charge in [0.2, 0.25) is 0 Å². The summed E-state index contributed by atoms with van der Waals surface area (Å²) in [5.41, 5.74) is 2.44. The standard InChI is InChI=1S/C15H25NO2/c1-11(2)14(10-17-4)16-9-13-6-7-15(18-5)12(3)8-13/h6-8,11,14,16H,9-10H2,1-5H3. The van der Waals surface area contributed by atoms with Gasteiger partial charge in [-0.05, 0) is 30.0 Å². The van der Waals surface area contributed by atoms with E-state index in [1.165, 1.54) is 11.1 Å². The lowest BCUT2D eigenvalue weighted by atomic mass is 10.0. The molecule has 0 aliphatic heterocycles. The Morgan fingerprint density at radius 2 is 1.94 bits per heavy atom. The lowest BCUT2D eigenvalue weighted by molar-refractivity contribution is 0.146. The van der Waals surface area contributed by atoms with Gasteiger partial charge in [-0.1, -0.05) is 26.0 Å². The Hall–Kier alpha value is -1.06. The molecule has 0 aromatic heterocycles. The number of ether oxygens (including phenoxy) is 2. The minimum absolute atomic E-state index is 0.386. The third kappa shape index (κ3) is 4.31. The van der Waals surface area contributed by atoms with Gasteiger partial charge < -0.3 is 14.8 Å². The summed E-state index contributed by atoms with van der Waals surface area (Å²) in [6, 6.07) is 6.67. The third-order valence-electron chi connectivity index (χ3n) is 3.18. The van der Waals surface area contributed by atoms with Crippen LogP contribution in [-0.2, 0) is 11.3 Å². The van der Waals surface area contributed by atoms with Crippen molar-refractivity contribution in [3.05, 3.63) is 29.3 Å². The van der Waals surface area contributed by atoms with Crippen molar-refractivity contribution in [2.45, 2.75) is 33.4 Å². The largest absolute Gasteiger partial charge is 0.496 e. The SMILES string of the molecule is COCC(NCc1ccc(OC)c(C)c1)C(C)C. The van der Waals surface area contributed by atoms with Crippen LogP contribution in [-0.4, -0.2) is 26.9 Å². The predicted molar refractivity (Wildman–Crippen MR) is 75.1 cm³/mol. The number of hydrogen-bond donors (Lipinski definition) is 1. The zero-order chi connectivity index (χ0) is 13.5. The van der Waals surface area contributed by atoms with Crippen molar-refractivity contribution in [1.82, 2.24) is 5.32 Å². The van der Waals surface area contributed by atoms with Crippen LogP contribution in [0.4, 0.5) is 0 Å². The summed E-state index contributed by atoms with van der Waals surface area (Å²) in [6.45, 7) is 8.08. The molecule has 3 heteroatoms. The van der Waals surface area contributed by atoms with Crippen LogP contribution < -0.4 is 10.1 Å². The van der Waals surface area contributed by atoms with Gasteiger partial charge >= 0.3 is 0 Å². The van der Waals surface area contributed by atoms with Gasteiger partial charge in [0.15, 0.2) is 0 Å². The van der Waals surface area contributed by atoms with E-state index in [0.29, 0.717) is 12.0 Å². The molecule has 0 radical (unpaired) electrons. The monoisotopic (exact) mass is 251 g/mol. The lowest BCUT2D eigenvalue weighted by Crippen LogP contribution is -2.37. The van der Waals surface area contributed by atoms with Crippen molar-refractivity contribution >= 4 is 0 Å². The molecular weight excluding hydrogens is 226 g/mol. The van der Waals surface area contributed by atoms with Crippen molar-refractivity contribution in [1.29, 1.82) is 0 Å². The zero-order valence-corrected chi connectivity index (χ0v) is 12.1. The molecule has 0 bridgehead atoms. The number of methoxy groups -OCH3 is 2. The molecule has 1 aromatic carbocycles. The van der Waals surface area contributed by atoms with Crippen LogP contribution in [0, 0.1) is 12.8 Å². The highest BCUT2D eigenvalue weighted by Gasteiger charge is 2.12. The zero-order valence-electron chi connectivity index (χ0n) is 12.1. The van der Waals surface area contributed by atoms with E-state index in [1.54, 1.807) is 14.2 Å². The van der Waals surface area contributed by atoms with Gasteiger partial charge in [0.05, 0.1) is 13.7 Å². The van der Waals surface area contributed by atoms with Crippen LogP contribution in [0.5, 0.6) is 5.75 Å². The first-order chi connectivity index (χ1) is 8.58. The van der Waals surface area contributed by atoms with Gasteiger partial charge in [-0.3, -0.25) is 0 Å². The molecule has 102 valence electrons. The van der Waals surface area contributed by atoms with Gasteiger partial charge in [-0.15, -0.1) is 0 Å². The minimum Gasteiger partial charge on any atom is -0.496 e. The molecule has 0 aliphatic carbocycles. The number of benzene rings is 1. The molecule has 1 unspecified atom stereocenters. The van der Waals surface area contributed by atoms with Crippen molar-refractivity contribution in [2.24, 2.45) is 5.92 Å². The Bertz CT molecular complexity index is 364. The molecule has 3 nitrogen and oxygen atoms in total. The molecule has 0 heterocycles. The van der Waals surface area contributed by atoms with Gasteiger partial charge in [0.25, 0.3) is 0 Å². The van der Waals surface area contributed by atoms with Crippen molar-refractivity contribution < 1.29 is 9.47 Å². The lowest BCUT2D eigenvalue weighted by Gasteiger charge is -2.21. The normalized spacial score (nSPS) is 12.8. The maximum absolute atomic E-state index is 5.26. The van der Waals surface area contributed by atoms with Crippen molar-refractivity contribution in [2.75, 3.05) is 20.8 Å². The Balaban J connectivity index is 2.59. The van der Waals surface area contributed by atoms with E-state index in [4.69, 9.17) is 9.47 Å². The molecule has 1 atom stereocenters. The average Bonchev–Trinajstić information content (AvgIpc) is 2.34. The van der Waals surface area contributed by atoms with Gasteiger partial charge in [-0.2, -0.15) is 0 Å². The number of hydrogen-bond acceptors (Lipinski definition) is 3. The first-order valence-electron chi connectivity index (χ1n) is 6.44. The van der Waals surface area contributed by atoms with Crippen molar-refractivity contribution in [3.8, 4) is 5.75 Å². The van der Waals surface area contributed by atoms with E-state index in [2.05, 4.69) is 38.2 Å². The van der Waals surface area contributed by atoms with Gasteiger partial charge in [-0.25, -0.2) is 0 Å². The highest BCUT2D eigenvalue weighted by Crippen LogP contribution is 2.18. The number of rotatable bonds is 7. The van der Waals surface area contributed by atoms with E-state index in [0.717, 1.165) is 18.9 Å². The van der Waals surface area contributed by atoms with Crippen LogP contribution in [0.3, 0.4) is 0 Å². The maximum atomic E-state index is 5.26. The fourth-order valence-corrected chi connectivity index (χ4v) is 1.97. The van der Waals surface area contributed by atoms with Crippen molar-refractivity contribution in [3.63, 3.8) is 0 Å². The van der Waals surface area contributed by atoms with Crippen LogP contribution in [0.1, 0.15) is 25.0 Å². The fourth-order valence-electron chi connectivity index (χ4n) is 1.97. The molecular formula is C15H25NO2. The summed E-state index contributed by atoms with van der Waals surface area (Å²) in [4.78, 5) is 0. The summed E-state index contributed by atoms with van der Waals surface area (Å²) < 4.78 is 10.5. The summed E-state index contributed by atoms with van der Waals surface area (Å²) in [5, 5.41) is 3.54. The topological polar surface area (TPSA) is 30.5 Å². The molecule has 0 amide bonds. The smallest absolute Gasteiger partial charge is 0.121 e. The highest BCUT2D eigenvalue weighted by molar-refractivity contribution is 5.36. The van der Waals surface area contributed by atoms with Crippen LogP contribution in [0.15, 0.2) is 18.2 Å². The Kier molecular flexibility index (Phi) is 6.16. The molecule has 0 saturated heterocycles. The van der Waals surface area contributed by atoms with Gasteiger partial charge in [0.1, 0.15) is 5.75 Å². The average molecular weight is 251 g/mol. The van der Waals surface area contributed by atoms with E-state index in [9.17, 15) is 0 Å². The molecule has 1 aromatic rings. The molecule has 18 heavy (non-hydrogen) atoms. The summed E-state index contributed by atoms with van der Waals surface area (Å²) >= 11 is 0. The molecule has 1 N–H and O–H groups in total. The number of aryl methyl sites for hydroxylation is 1. The fraction of sp³-hybridized carbons (Fsp3) is 0.600. The van der Waals surface area contributed by atoms with E-state index >= 15 is 0 Å². The molecule has 0 saturated carbocycles. The quantitative estimate of drug-likeness (QED) is 0.808. The van der Waals surface area contributed by atoms with Gasteiger partial charge in [0, 0.05) is 19.7 Å². The van der Waals surface area contributed by atoms with E-state index in [1.807, 2.05) is 6.07 Å². The third-order valence-corrected chi connectivity index (χ3v) is 3.18. The molecule has 1 rings (SSSR count). The molecule has 0 spiro atoms. The summed E-state index contributed by atoms with van der Waals surface area (Å²) in [5.74, 6) is 1.50. The molecule has 0 fully saturated rings. The Morgan fingerprint density at radius 3 is 2.44 bits per heavy atom. The highest BCUT2D eigenvalue weighted by atomic mass is 16.5. The van der Waals surface area contributed by atoms with Crippen LogP contribution >= 0.6 is 0 Å². The van der Waals surface area contributed by atoms with Crippen LogP contribution in [0.2, 0.25) is 0 Å². The Labute approximate surface area is 110 Å².